The molecule has 0 amide bonds. The van der Waals surface area contributed by atoms with E-state index in [1.165, 1.54) is 0 Å². The van der Waals surface area contributed by atoms with Gasteiger partial charge in [0.1, 0.15) is 0 Å². The van der Waals surface area contributed by atoms with E-state index in [0.29, 0.717) is 110 Å². The lowest BCUT2D eigenvalue weighted by atomic mass is 9.86. The summed E-state index contributed by atoms with van der Waals surface area (Å²) < 4.78 is 140. The van der Waals surface area contributed by atoms with Gasteiger partial charge in [-0.2, -0.15) is 0 Å². The van der Waals surface area contributed by atoms with Crippen LogP contribution in [0.1, 0.15) is 123 Å². The van der Waals surface area contributed by atoms with E-state index >= 15 is 0 Å². The van der Waals surface area contributed by atoms with Crippen LogP contribution < -0.4 is 9.80 Å². The van der Waals surface area contributed by atoms with Crippen LogP contribution in [0.15, 0.2) is 182 Å². The van der Waals surface area contributed by atoms with Crippen molar-refractivity contribution in [2.45, 2.75) is 91.9 Å². The standard InChI is InChI=1S/C68H62N4/c1-41(2)43-21-27-49(28-22-43)69(47-17-13-11-14-18-47)59-35-31-51-53-39-62-54(40-61(53)71-57-33-25-45(67(5,6)7)37-55(57)63(59)65(51)71)52-32-36-60(64-56-38-46(68(8,9)10)26-34-58(56)72(62)66(52)64)70(48-19-15-12-16-20-48)50-29-23-44(24-30-50)42(3)4/h11-42H,1-10H3/i21D,22D,23D,24D,25D,26D,27D,28D,29D,30D,33D,34D,37D,38D. The fraction of sp³-hybridized carbons (Fsp3) is 0.206. The van der Waals surface area contributed by atoms with E-state index in [2.05, 4.69) is 0 Å². The molecule has 4 heteroatoms. The maximum absolute atomic E-state index is 10.2. The fourth-order valence-electron chi connectivity index (χ4n) is 10.6. The summed E-state index contributed by atoms with van der Waals surface area (Å²) in [6.45, 7) is 18.9. The zero-order chi connectivity index (χ0) is 61.7. The van der Waals surface area contributed by atoms with Crippen molar-refractivity contribution in [2.24, 2.45) is 0 Å². The molecule has 0 atom stereocenters. The monoisotopic (exact) mass is 949 g/mol. The summed E-state index contributed by atoms with van der Waals surface area (Å²) in [5.74, 6) is -0.632. The molecule has 4 nitrogen and oxygen atoms in total. The van der Waals surface area contributed by atoms with Crippen LogP contribution in [0.5, 0.6) is 0 Å². The molecule has 0 radical (unpaired) electrons. The molecule has 0 N–H and O–H groups in total. The lowest BCUT2D eigenvalue weighted by Crippen LogP contribution is -2.11. The number of aromatic nitrogens is 2. The third kappa shape index (κ3) is 6.57. The molecular weight excluding hydrogens is 873 g/mol. The Hall–Kier alpha value is -7.82. The minimum Gasteiger partial charge on any atom is -0.310 e. The fourth-order valence-corrected chi connectivity index (χ4v) is 10.6. The van der Waals surface area contributed by atoms with Crippen molar-refractivity contribution in [3.8, 4) is 0 Å². The molecule has 0 aliphatic heterocycles. The number of para-hydroxylation sites is 2. The smallest absolute Gasteiger partial charge is 0.0645 e. The minimum absolute atomic E-state index is 0.00598. The lowest BCUT2D eigenvalue weighted by molar-refractivity contribution is 0.591. The number of benzene rings is 9. The first-order chi connectivity index (χ1) is 40.5. The normalized spacial score (nSPS) is 15.6. The molecule has 13 aromatic rings. The van der Waals surface area contributed by atoms with E-state index in [0.717, 1.165) is 0 Å². The highest BCUT2D eigenvalue weighted by molar-refractivity contribution is 6.32. The summed E-state index contributed by atoms with van der Waals surface area (Å²) >= 11 is 0. The largest absolute Gasteiger partial charge is 0.310 e. The van der Waals surface area contributed by atoms with Crippen LogP contribution in [0.2, 0.25) is 0 Å². The van der Waals surface area contributed by atoms with E-state index in [-0.39, 0.29) is 119 Å². The van der Waals surface area contributed by atoms with Gasteiger partial charge in [0.15, 0.2) is 0 Å². The Balaban J connectivity index is 1.23. The van der Waals surface area contributed by atoms with E-state index in [4.69, 9.17) is 0 Å². The second kappa shape index (κ2) is 15.8. The number of fused-ring (bicyclic) bond motifs is 12. The Morgan fingerprint density at radius 2 is 0.764 bits per heavy atom. The molecule has 0 saturated carbocycles. The molecule has 0 bridgehead atoms. The average Bonchev–Trinajstić information content (AvgIpc) is 1.52. The Labute approximate surface area is 442 Å². The van der Waals surface area contributed by atoms with Gasteiger partial charge in [0.05, 0.1) is 63.7 Å². The SMILES string of the molecule is [2H]c1c([2H])c(N(c2ccccc2)c2ccc3c4cc5c(cc4n4c6c([2H])c([2H])c(C(C)(C)C)c([2H])c6c2c34)c2ccc(N(c3ccccc3)c3c([2H])c([2H])c(C(C)C)c([2H])c3[2H])c3c4c([2H])c(C(C)(C)C)c([2H])c([2H])c4n5c23)c([2H])c([2H])c1C(C)C. The molecule has 0 spiro atoms. The number of hydrogen-bond donors (Lipinski definition) is 0. The van der Waals surface area contributed by atoms with Crippen molar-refractivity contribution in [2.75, 3.05) is 9.80 Å². The van der Waals surface area contributed by atoms with E-state index in [1.54, 1.807) is 9.80 Å². The number of nitrogens with zero attached hydrogens (tertiary/aromatic N) is 4. The van der Waals surface area contributed by atoms with Gasteiger partial charge in [-0.15, -0.1) is 0 Å². The zero-order valence-corrected chi connectivity index (χ0v) is 42.2. The van der Waals surface area contributed by atoms with Crippen LogP contribution in [-0.2, 0) is 10.8 Å². The van der Waals surface area contributed by atoms with Crippen molar-refractivity contribution >= 4 is 110 Å². The summed E-state index contributed by atoms with van der Waals surface area (Å²) in [5.41, 5.74) is 4.74. The van der Waals surface area contributed by atoms with Gasteiger partial charge in [-0.05, 0) is 142 Å². The van der Waals surface area contributed by atoms with Crippen molar-refractivity contribution < 1.29 is 19.2 Å². The van der Waals surface area contributed by atoms with Gasteiger partial charge in [0.2, 0.25) is 0 Å². The third-order valence-corrected chi connectivity index (χ3v) is 14.3. The molecule has 4 heterocycles. The van der Waals surface area contributed by atoms with Crippen molar-refractivity contribution in [3.05, 3.63) is 204 Å². The number of anilines is 6. The lowest BCUT2D eigenvalue weighted by Gasteiger charge is -2.27. The Bertz CT molecular complexity index is 4700. The summed E-state index contributed by atoms with van der Waals surface area (Å²) in [5, 5.41) is 4.55. The van der Waals surface area contributed by atoms with E-state index in [9.17, 15) is 19.2 Å². The number of rotatable bonds is 8. The third-order valence-electron chi connectivity index (χ3n) is 14.3. The van der Waals surface area contributed by atoms with Crippen molar-refractivity contribution in [3.63, 3.8) is 0 Å². The first kappa shape index (κ1) is 31.5. The van der Waals surface area contributed by atoms with E-state index < -0.39 is 10.8 Å². The first-order valence-electron chi connectivity index (χ1n) is 31.9. The van der Waals surface area contributed by atoms with E-state index in [1.807, 2.05) is 175 Å². The molecule has 0 aliphatic carbocycles. The predicted octanol–water partition coefficient (Wildman–Crippen LogP) is 19.8. The zero-order valence-electron chi connectivity index (χ0n) is 56.2. The molecule has 0 aliphatic rings. The highest BCUT2D eigenvalue weighted by Gasteiger charge is 2.29. The van der Waals surface area contributed by atoms with Gasteiger partial charge in [-0.25, -0.2) is 0 Å². The second-order valence-corrected chi connectivity index (χ2v) is 21.9. The van der Waals surface area contributed by atoms with Gasteiger partial charge < -0.3 is 18.6 Å². The molecule has 0 fully saturated rings. The van der Waals surface area contributed by atoms with Crippen LogP contribution in [-0.4, -0.2) is 8.80 Å². The van der Waals surface area contributed by atoms with Crippen LogP contribution in [0.3, 0.4) is 0 Å². The van der Waals surface area contributed by atoms with Crippen molar-refractivity contribution in [1.82, 2.24) is 8.80 Å². The molecule has 354 valence electrons. The summed E-state index contributed by atoms with van der Waals surface area (Å²) in [6.07, 6.45) is 0. The second-order valence-electron chi connectivity index (χ2n) is 21.9. The van der Waals surface area contributed by atoms with Gasteiger partial charge in [-0.1, -0.05) is 154 Å². The Morgan fingerprint density at radius 1 is 0.389 bits per heavy atom. The maximum Gasteiger partial charge on any atom is 0.0645 e. The quantitative estimate of drug-likeness (QED) is 0.151. The van der Waals surface area contributed by atoms with Gasteiger partial charge in [-0.3, -0.25) is 0 Å². The molecule has 9 aromatic carbocycles. The van der Waals surface area contributed by atoms with Crippen LogP contribution in [0.4, 0.5) is 34.1 Å². The van der Waals surface area contributed by atoms with Gasteiger partial charge in [0, 0.05) is 65.8 Å². The molecule has 4 aromatic heterocycles. The predicted molar refractivity (Wildman–Crippen MR) is 311 cm³/mol. The molecular formula is C68H62N4. The van der Waals surface area contributed by atoms with Crippen LogP contribution in [0, 0.1) is 0 Å². The Morgan fingerprint density at radius 3 is 1.11 bits per heavy atom. The minimum atomic E-state index is -0.761. The highest BCUT2D eigenvalue weighted by atomic mass is 15.2. The highest BCUT2D eigenvalue weighted by Crippen LogP contribution is 2.52. The van der Waals surface area contributed by atoms with Crippen LogP contribution >= 0.6 is 0 Å². The molecule has 0 saturated heterocycles. The maximum atomic E-state index is 10.2. The summed E-state index contributed by atoms with van der Waals surface area (Å²) in [4.78, 5) is 3.45. The number of hydrogen-bond acceptors (Lipinski definition) is 2. The van der Waals surface area contributed by atoms with Gasteiger partial charge >= 0.3 is 0 Å². The molecule has 0 unspecified atom stereocenters. The summed E-state index contributed by atoms with van der Waals surface area (Å²) in [7, 11) is 0. The first-order valence-corrected chi connectivity index (χ1v) is 24.9. The van der Waals surface area contributed by atoms with Crippen LogP contribution in [0.25, 0.3) is 76.2 Å². The summed E-state index contributed by atoms with van der Waals surface area (Å²) in [6, 6.07) is 28.0. The van der Waals surface area contributed by atoms with Gasteiger partial charge in [0.25, 0.3) is 0 Å². The van der Waals surface area contributed by atoms with Crippen molar-refractivity contribution in [1.29, 1.82) is 0 Å². The molecule has 72 heavy (non-hydrogen) atoms. The average molecular weight is 949 g/mol. The molecule has 13 rings (SSSR count). The topological polar surface area (TPSA) is 15.3 Å². The Kier molecular flexibility index (Phi) is 6.93.